The first-order chi connectivity index (χ1) is 14.2. The van der Waals surface area contributed by atoms with Crippen molar-refractivity contribution >= 4 is 36.6 Å². The van der Waals surface area contributed by atoms with Gasteiger partial charge in [0.2, 0.25) is 5.91 Å². The Labute approximate surface area is 197 Å². The van der Waals surface area contributed by atoms with Crippen LogP contribution in [0.15, 0.2) is 54.9 Å². The van der Waals surface area contributed by atoms with Gasteiger partial charge < -0.3 is 15.5 Å². The minimum Gasteiger partial charge on any atom is -0.341 e. The van der Waals surface area contributed by atoms with Crippen molar-refractivity contribution in [3.05, 3.63) is 66.0 Å². The maximum absolute atomic E-state index is 13.3. The molecule has 170 valence electrons. The number of carbonyl (C=O) groups is 2. The molecule has 1 aromatic heterocycles. The number of carbonyl (C=O) groups excluding carboxylic acids is 2. The highest BCUT2D eigenvalue weighted by molar-refractivity contribution is 5.97. The number of pyridine rings is 1. The van der Waals surface area contributed by atoms with E-state index in [0.29, 0.717) is 17.9 Å². The molecule has 6 nitrogen and oxygen atoms in total. The number of nitrogens with one attached hydrogen (secondary N) is 2. The van der Waals surface area contributed by atoms with Gasteiger partial charge >= 0.3 is 0 Å². The Balaban J connectivity index is 0.00000240. The van der Waals surface area contributed by atoms with Crippen molar-refractivity contribution in [3.8, 4) is 0 Å². The quantitative estimate of drug-likeness (QED) is 0.626. The van der Waals surface area contributed by atoms with Crippen LogP contribution in [0.1, 0.15) is 35.7 Å². The molecule has 3 rings (SSSR count). The lowest BCUT2D eigenvalue weighted by molar-refractivity contribution is -0.134. The second-order valence-corrected chi connectivity index (χ2v) is 7.53. The first kappa shape index (κ1) is 26.9. The molecule has 1 aromatic carbocycles. The van der Waals surface area contributed by atoms with E-state index in [-0.39, 0.29) is 36.6 Å². The molecule has 2 heterocycles. The molecule has 1 aliphatic heterocycles. The van der Waals surface area contributed by atoms with Gasteiger partial charge in [-0.1, -0.05) is 31.2 Å². The summed E-state index contributed by atoms with van der Waals surface area (Å²) in [5.74, 6) is 0.365. The molecule has 1 fully saturated rings. The molecule has 2 aromatic rings. The molecule has 1 atom stereocenters. The van der Waals surface area contributed by atoms with Gasteiger partial charge in [0.25, 0.3) is 5.91 Å². The molecule has 2 amide bonds. The van der Waals surface area contributed by atoms with E-state index in [2.05, 4.69) is 22.5 Å². The molecule has 2 N–H and O–H groups in total. The van der Waals surface area contributed by atoms with E-state index in [4.69, 9.17) is 0 Å². The first-order valence-electron chi connectivity index (χ1n) is 10.4. The van der Waals surface area contributed by atoms with Gasteiger partial charge in [-0.25, -0.2) is 0 Å². The Morgan fingerprint density at radius 1 is 1.10 bits per heavy atom. The van der Waals surface area contributed by atoms with E-state index in [0.717, 1.165) is 44.6 Å². The third-order valence-electron chi connectivity index (χ3n) is 5.41. The van der Waals surface area contributed by atoms with E-state index in [9.17, 15) is 9.59 Å². The fourth-order valence-corrected chi connectivity index (χ4v) is 3.71. The van der Waals surface area contributed by atoms with Crippen molar-refractivity contribution in [2.45, 2.75) is 32.2 Å². The van der Waals surface area contributed by atoms with Crippen molar-refractivity contribution in [2.75, 3.05) is 26.2 Å². The molecule has 0 radical (unpaired) electrons. The number of likely N-dealkylation sites (tertiary alicyclic amines) is 1. The molecule has 1 aliphatic rings. The summed E-state index contributed by atoms with van der Waals surface area (Å²) in [6, 6.07) is 12.2. The number of benzene rings is 1. The van der Waals surface area contributed by atoms with Crippen LogP contribution in [-0.4, -0.2) is 53.9 Å². The van der Waals surface area contributed by atoms with Gasteiger partial charge in [0.05, 0.1) is 0 Å². The van der Waals surface area contributed by atoms with Gasteiger partial charge in [0, 0.05) is 37.5 Å². The molecule has 31 heavy (non-hydrogen) atoms. The number of halogens is 2. The lowest BCUT2D eigenvalue weighted by Gasteiger charge is -2.34. The average molecular weight is 467 g/mol. The first-order valence-corrected chi connectivity index (χ1v) is 10.4. The van der Waals surface area contributed by atoms with Crippen LogP contribution in [0.25, 0.3) is 0 Å². The minimum atomic E-state index is -0.600. The van der Waals surface area contributed by atoms with Crippen LogP contribution >= 0.6 is 24.8 Å². The number of nitrogens with zero attached hydrogens (tertiary/aromatic N) is 2. The predicted octanol–water partition coefficient (Wildman–Crippen LogP) is 3.11. The van der Waals surface area contributed by atoms with Crippen molar-refractivity contribution in [1.82, 2.24) is 20.5 Å². The van der Waals surface area contributed by atoms with Crippen LogP contribution in [0.4, 0.5) is 0 Å². The molecule has 1 saturated heterocycles. The smallest absolute Gasteiger partial charge is 0.251 e. The van der Waals surface area contributed by atoms with Crippen molar-refractivity contribution in [2.24, 2.45) is 5.92 Å². The summed E-state index contributed by atoms with van der Waals surface area (Å²) < 4.78 is 0. The normalized spacial score (nSPS) is 14.7. The molecular weight excluding hydrogens is 435 g/mol. The third-order valence-corrected chi connectivity index (χ3v) is 5.41. The lowest BCUT2D eigenvalue weighted by atomic mass is 9.95. The van der Waals surface area contributed by atoms with Crippen LogP contribution in [0.5, 0.6) is 0 Å². The lowest BCUT2D eigenvalue weighted by Crippen LogP contribution is -2.52. The van der Waals surface area contributed by atoms with Crippen LogP contribution in [0.3, 0.4) is 0 Å². The Hall–Kier alpha value is -2.15. The van der Waals surface area contributed by atoms with Gasteiger partial charge in [-0.2, -0.15) is 0 Å². The monoisotopic (exact) mass is 466 g/mol. The van der Waals surface area contributed by atoms with E-state index >= 15 is 0 Å². The van der Waals surface area contributed by atoms with Gasteiger partial charge in [-0.15, -0.1) is 24.8 Å². The topological polar surface area (TPSA) is 74.3 Å². The summed E-state index contributed by atoms with van der Waals surface area (Å²) >= 11 is 0. The minimum absolute atomic E-state index is 0. The zero-order chi connectivity index (χ0) is 20.5. The van der Waals surface area contributed by atoms with E-state index in [1.165, 1.54) is 0 Å². The Kier molecular flexibility index (Phi) is 12.2. The molecule has 0 saturated carbocycles. The standard InChI is InChI=1S/C23H30N4O2.2ClH/c1-2-24-16-18-10-13-27(14-11-18)23(29)21(15-19-7-6-12-25-17-19)26-22(28)20-8-4-3-5-9-20;;/h3-9,12,17-18,21,24H,2,10-11,13-16H2,1H3,(H,26,28);2*1H. The van der Waals surface area contributed by atoms with Gasteiger partial charge in [0.15, 0.2) is 0 Å². The van der Waals surface area contributed by atoms with Crippen LogP contribution in [0.2, 0.25) is 0 Å². The second kappa shape index (κ2) is 14.0. The maximum Gasteiger partial charge on any atom is 0.251 e. The second-order valence-electron chi connectivity index (χ2n) is 7.53. The highest BCUT2D eigenvalue weighted by atomic mass is 35.5. The zero-order valence-electron chi connectivity index (χ0n) is 17.8. The Bertz CT molecular complexity index is 785. The largest absolute Gasteiger partial charge is 0.341 e. The summed E-state index contributed by atoms with van der Waals surface area (Å²) in [4.78, 5) is 32.0. The fourth-order valence-electron chi connectivity index (χ4n) is 3.71. The molecular formula is C23H32Cl2N4O2. The Morgan fingerprint density at radius 3 is 2.42 bits per heavy atom. The van der Waals surface area contributed by atoms with E-state index < -0.39 is 6.04 Å². The molecule has 0 spiro atoms. The average Bonchev–Trinajstić information content (AvgIpc) is 2.78. The SMILES string of the molecule is CCNCC1CCN(C(=O)C(Cc2cccnc2)NC(=O)c2ccccc2)CC1.Cl.Cl. The third kappa shape index (κ3) is 8.13. The highest BCUT2D eigenvalue weighted by Gasteiger charge is 2.29. The summed E-state index contributed by atoms with van der Waals surface area (Å²) in [6.45, 7) is 5.55. The van der Waals surface area contributed by atoms with Crippen molar-refractivity contribution in [3.63, 3.8) is 0 Å². The Morgan fingerprint density at radius 2 is 1.81 bits per heavy atom. The van der Waals surface area contributed by atoms with Gasteiger partial charge in [0.1, 0.15) is 6.04 Å². The van der Waals surface area contributed by atoms with Crippen LogP contribution < -0.4 is 10.6 Å². The van der Waals surface area contributed by atoms with Crippen molar-refractivity contribution in [1.29, 1.82) is 0 Å². The number of aromatic nitrogens is 1. The molecule has 8 heteroatoms. The summed E-state index contributed by atoms with van der Waals surface area (Å²) in [5.41, 5.74) is 1.49. The summed E-state index contributed by atoms with van der Waals surface area (Å²) in [6.07, 6.45) is 5.87. The van der Waals surface area contributed by atoms with Crippen LogP contribution in [-0.2, 0) is 11.2 Å². The maximum atomic E-state index is 13.3. The van der Waals surface area contributed by atoms with E-state index in [1.807, 2.05) is 35.2 Å². The number of piperidine rings is 1. The zero-order valence-corrected chi connectivity index (χ0v) is 19.5. The molecule has 1 unspecified atom stereocenters. The van der Waals surface area contributed by atoms with Crippen LogP contribution in [0, 0.1) is 5.92 Å². The van der Waals surface area contributed by atoms with Gasteiger partial charge in [-0.05, 0) is 55.6 Å². The number of hydrogen-bond donors (Lipinski definition) is 2. The van der Waals surface area contributed by atoms with Gasteiger partial charge in [-0.3, -0.25) is 14.6 Å². The van der Waals surface area contributed by atoms with E-state index in [1.54, 1.807) is 24.5 Å². The number of hydrogen-bond acceptors (Lipinski definition) is 4. The fraction of sp³-hybridized carbons (Fsp3) is 0.435. The molecule has 0 bridgehead atoms. The van der Waals surface area contributed by atoms with Crippen molar-refractivity contribution < 1.29 is 9.59 Å². The predicted molar refractivity (Wildman–Crippen MR) is 128 cm³/mol. The highest BCUT2D eigenvalue weighted by Crippen LogP contribution is 2.18. The summed E-state index contributed by atoms with van der Waals surface area (Å²) in [7, 11) is 0. The number of amides is 2. The molecule has 0 aliphatic carbocycles. The number of rotatable bonds is 8. The summed E-state index contributed by atoms with van der Waals surface area (Å²) in [5, 5.41) is 6.35.